The highest BCUT2D eigenvalue weighted by Crippen LogP contribution is 1.98. The van der Waals surface area contributed by atoms with E-state index in [2.05, 4.69) is 33.9 Å². The Morgan fingerprint density at radius 1 is 1.00 bits per heavy atom. The lowest BCUT2D eigenvalue weighted by molar-refractivity contribution is -0.141. The Bertz CT molecular complexity index is 491. The zero-order valence-electron chi connectivity index (χ0n) is 15.1. The fraction of sp³-hybridized carbons (Fsp3) is 0.412. The van der Waals surface area contributed by atoms with Crippen LogP contribution in [0.2, 0.25) is 0 Å². The number of methoxy groups -OCH3 is 1. The molecule has 0 aromatic heterocycles. The molecular formula is C17H26O8. The van der Waals surface area contributed by atoms with Crippen molar-refractivity contribution >= 4 is 23.9 Å². The number of ether oxygens (including phenoxy) is 3. The van der Waals surface area contributed by atoms with E-state index in [1.807, 2.05) is 0 Å². The summed E-state index contributed by atoms with van der Waals surface area (Å²) in [5, 5.41) is 8.16. The molecule has 1 N–H and O–H groups in total. The molecular weight excluding hydrogens is 332 g/mol. The van der Waals surface area contributed by atoms with Crippen LogP contribution in [0.1, 0.15) is 27.2 Å². The van der Waals surface area contributed by atoms with E-state index < -0.39 is 11.9 Å². The number of carboxylic acids is 1. The third kappa shape index (κ3) is 21.1. The van der Waals surface area contributed by atoms with Gasteiger partial charge in [0.15, 0.2) is 0 Å². The van der Waals surface area contributed by atoms with E-state index in [0.717, 1.165) is 6.08 Å². The number of carbonyl (C=O) groups excluding carboxylic acids is 3. The monoisotopic (exact) mass is 358 g/mol. The normalized spacial score (nSPS) is 8.16. The van der Waals surface area contributed by atoms with Crippen molar-refractivity contribution in [2.45, 2.75) is 27.2 Å². The number of aliphatic carboxylic acids is 1. The average Bonchev–Trinajstić information content (AvgIpc) is 2.54. The lowest BCUT2D eigenvalue weighted by atomic mass is 10.2. The van der Waals surface area contributed by atoms with Crippen LogP contribution >= 0.6 is 0 Å². The molecule has 0 heterocycles. The molecule has 0 saturated carbocycles. The minimum absolute atomic E-state index is 0.0463. The van der Waals surface area contributed by atoms with Gasteiger partial charge in [-0.2, -0.15) is 0 Å². The molecule has 8 nitrogen and oxygen atoms in total. The fourth-order valence-electron chi connectivity index (χ4n) is 0.855. The van der Waals surface area contributed by atoms with Crippen molar-refractivity contribution in [2.75, 3.05) is 20.3 Å². The number of carboxylic acid groups (broad SMARTS) is 1. The molecule has 0 bridgehead atoms. The molecule has 0 amide bonds. The van der Waals surface area contributed by atoms with E-state index in [4.69, 9.17) is 5.11 Å². The molecule has 0 spiro atoms. The fourth-order valence-corrected chi connectivity index (χ4v) is 0.855. The van der Waals surface area contributed by atoms with Gasteiger partial charge in [0.05, 0.1) is 26.7 Å². The van der Waals surface area contributed by atoms with Crippen LogP contribution in [0.4, 0.5) is 0 Å². The van der Waals surface area contributed by atoms with Crippen LogP contribution in [0.3, 0.4) is 0 Å². The smallest absolute Gasteiger partial charge is 0.333 e. The third-order valence-electron chi connectivity index (χ3n) is 1.92. The summed E-state index contributed by atoms with van der Waals surface area (Å²) in [5.41, 5.74) is 0.404. The lowest BCUT2D eigenvalue weighted by Gasteiger charge is -1.97. The summed E-state index contributed by atoms with van der Waals surface area (Å²) >= 11 is 0. The number of esters is 3. The van der Waals surface area contributed by atoms with E-state index >= 15 is 0 Å². The van der Waals surface area contributed by atoms with Crippen molar-refractivity contribution in [3.63, 3.8) is 0 Å². The number of rotatable bonds is 7. The topological polar surface area (TPSA) is 116 Å². The predicted octanol–water partition coefficient (Wildman–Crippen LogP) is 2.05. The molecule has 0 radical (unpaired) electrons. The van der Waals surface area contributed by atoms with E-state index in [1.165, 1.54) is 7.11 Å². The maximum Gasteiger partial charge on any atom is 0.333 e. The van der Waals surface area contributed by atoms with Crippen LogP contribution in [0.5, 0.6) is 0 Å². The van der Waals surface area contributed by atoms with Gasteiger partial charge in [-0.15, -0.1) is 0 Å². The highest BCUT2D eigenvalue weighted by Gasteiger charge is 2.09. The Kier molecular flexibility index (Phi) is 18.8. The van der Waals surface area contributed by atoms with Crippen LogP contribution in [-0.2, 0) is 33.4 Å². The number of hydrogen-bond acceptors (Lipinski definition) is 7. The van der Waals surface area contributed by atoms with Gasteiger partial charge < -0.3 is 19.3 Å². The first-order valence-electron chi connectivity index (χ1n) is 7.16. The summed E-state index contributed by atoms with van der Waals surface area (Å²) < 4.78 is 13.2. The minimum atomic E-state index is -1.09. The Labute approximate surface area is 147 Å². The number of carbonyl (C=O) groups is 4. The largest absolute Gasteiger partial charge is 0.481 e. The number of hydrogen-bond donors (Lipinski definition) is 1. The first-order valence-corrected chi connectivity index (χ1v) is 7.16. The van der Waals surface area contributed by atoms with Gasteiger partial charge in [0, 0.05) is 17.2 Å². The second kappa shape index (κ2) is 17.5. The quantitative estimate of drug-likeness (QED) is 0.417. The molecule has 0 aliphatic heterocycles. The zero-order valence-corrected chi connectivity index (χ0v) is 15.1. The second-order valence-corrected chi connectivity index (χ2v) is 4.12. The van der Waals surface area contributed by atoms with Crippen molar-refractivity contribution in [1.82, 2.24) is 0 Å². The molecule has 0 aromatic carbocycles. The molecule has 0 saturated heterocycles. The van der Waals surface area contributed by atoms with E-state index in [1.54, 1.807) is 20.8 Å². The highest BCUT2D eigenvalue weighted by molar-refractivity contribution is 5.92. The first kappa shape index (κ1) is 27.0. The Hall–Kier alpha value is -2.90. The first-order chi connectivity index (χ1) is 11.6. The maximum atomic E-state index is 10.5. The summed E-state index contributed by atoms with van der Waals surface area (Å²) in [6.07, 6.45) is 0.774. The van der Waals surface area contributed by atoms with Gasteiger partial charge in [-0.05, 0) is 20.8 Å². The van der Waals surface area contributed by atoms with Crippen molar-refractivity contribution in [2.24, 2.45) is 0 Å². The molecule has 0 fully saturated rings. The summed E-state index contributed by atoms with van der Waals surface area (Å²) in [6.45, 7) is 15.8. The molecule has 142 valence electrons. The van der Waals surface area contributed by atoms with Gasteiger partial charge in [-0.3, -0.25) is 4.79 Å². The molecule has 8 heteroatoms. The molecule has 0 rings (SSSR count). The van der Waals surface area contributed by atoms with Gasteiger partial charge in [-0.25, -0.2) is 14.4 Å². The molecule has 25 heavy (non-hydrogen) atoms. The molecule has 0 atom stereocenters. The van der Waals surface area contributed by atoms with Crippen LogP contribution in [-0.4, -0.2) is 49.3 Å². The van der Waals surface area contributed by atoms with Gasteiger partial charge in [0.2, 0.25) is 0 Å². The SMILES string of the molecule is C=C(C)C(=O)OCC.C=C(CC(=O)O)C(=O)OC.C=CC(=O)OCC. The average molecular weight is 358 g/mol. The van der Waals surface area contributed by atoms with E-state index in [9.17, 15) is 19.2 Å². The van der Waals surface area contributed by atoms with E-state index in [-0.39, 0.29) is 23.9 Å². The van der Waals surface area contributed by atoms with Gasteiger partial charge in [0.25, 0.3) is 0 Å². The lowest BCUT2D eigenvalue weighted by Crippen LogP contribution is -2.07. The second-order valence-electron chi connectivity index (χ2n) is 4.12. The minimum Gasteiger partial charge on any atom is -0.481 e. The van der Waals surface area contributed by atoms with Crippen LogP contribution in [0.25, 0.3) is 0 Å². The van der Waals surface area contributed by atoms with E-state index in [0.29, 0.717) is 18.8 Å². The Morgan fingerprint density at radius 3 is 1.68 bits per heavy atom. The van der Waals surface area contributed by atoms with Crippen molar-refractivity contribution in [3.05, 3.63) is 37.0 Å². The van der Waals surface area contributed by atoms with Crippen LogP contribution in [0, 0.1) is 0 Å². The van der Waals surface area contributed by atoms with Crippen molar-refractivity contribution < 1.29 is 38.5 Å². The molecule has 0 aliphatic carbocycles. The molecule has 0 unspecified atom stereocenters. The summed E-state index contributed by atoms with van der Waals surface area (Å²) in [5.74, 6) is -2.44. The van der Waals surface area contributed by atoms with Gasteiger partial charge in [-0.1, -0.05) is 19.7 Å². The molecule has 0 aromatic rings. The summed E-state index contributed by atoms with van der Waals surface area (Å²) in [4.78, 5) is 40.9. The van der Waals surface area contributed by atoms with Crippen LogP contribution in [0.15, 0.2) is 37.0 Å². The highest BCUT2D eigenvalue weighted by atomic mass is 16.5. The summed E-state index contributed by atoms with van der Waals surface area (Å²) in [7, 11) is 1.18. The van der Waals surface area contributed by atoms with Crippen molar-refractivity contribution in [3.8, 4) is 0 Å². The third-order valence-corrected chi connectivity index (χ3v) is 1.92. The Morgan fingerprint density at radius 2 is 1.48 bits per heavy atom. The zero-order chi connectivity index (χ0) is 20.4. The maximum absolute atomic E-state index is 10.5. The predicted molar refractivity (Wildman–Crippen MR) is 91.7 cm³/mol. The van der Waals surface area contributed by atoms with Gasteiger partial charge in [0.1, 0.15) is 0 Å². The van der Waals surface area contributed by atoms with Gasteiger partial charge >= 0.3 is 23.9 Å². The van der Waals surface area contributed by atoms with Crippen LogP contribution < -0.4 is 0 Å². The molecule has 0 aliphatic rings. The Balaban J connectivity index is -0.000000296. The van der Waals surface area contributed by atoms with Crippen molar-refractivity contribution in [1.29, 1.82) is 0 Å². The standard InChI is InChI=1S/C6H8O4.C6H10O2.C5H8O2/c1-4(3-5(7)8)6(9)10-2;1-4-8-6(7)5(2)3;1-3-5(6)7-4-2/h1,3H2,2H3,(H,7,8);2,4H2,1,3H3;3H,1,4H2,2H3. The summed E-state index contributed by atoms with van der Waals surface area (Å²) in [6, 6.07) is 0.